The Morgan fingerprint density at radius 2 is 1.86 bits per heavy atom. The van der Waals surface area contributed by atoms with E-state index in [4.69, 9.17) is 16.4 Å². The minimum atomic E-state index is -0.179. The zero-order valence-corrected chi connectivity index (χ0v) is 13.0. The lowest BCUT2D eigenvalue weighted by molar-refractivity contribution is -0.196. The van der Waals surface area contributed by atoms with Gasteiger partial charge in [-0.05, 0) is 41.8 Å². The SMILES string of the molecule is CN1CNC(C)(c2cccc(-c3cccc(Cl)c3)c2)CO1. The largest absolute Gasteiger partial charge is 0.296 e. The summed E-state index contributed by atoms with van der Waals surface area (Å²) in [5.74, 6) is 0. The average Bonchev–Trinajstić information content (AvgIpc) is 2.51. The van der Waals surface area contributed by atoms with Gasteiger partial charge in [0.2, 0.25) is 0 Å². The van der Waals surface area contributed by atoms with Crippen molar-refractivity contribution in [1.82, 2.24) is 10.4 Å². The van der Waals surface area contributed by atoms with Crippen LogP contribution in [-0.2, 0) is 10.4 Å². The molecular weight excluding hydrogens is 284 g/mol. The van der Waals surface area contributed by atoms with Gasteiger partial charge in [0.05, 0.1) is 18.8 Å². The Morgan fingerprint density at radius 1 is 1.14 bits per heavy atom. The zero-order chi connectivity index (χ0) is 14.9. The molecule has 0 bridgehead atoms. The van der Waals surface area contributed by atoms with E-state index < -0.39 is 0 Å². The molecule has 0 amide bonds. The fourth-order valence-electron chi connectivity index (χ4n) is 2.52. The summed E-state index contributed by atoms with van der Waals surface area (Å²) in [4.78, 5) is 5.66. The van der Waals surface area contributed by atoms with E-state index in [0.717, 1.165) is 16.1 Å². The maximum Gasteiger partial charge on any atom is 0.0906 e. The molecule has 1 fully saturated rings. The third kappa shape index (κ3) is 3.11. The van der Waals surface area contributed by atoms with Crippen LogP contribution >= 0.6 is 11.6 Å². The number of hydroxylamine groups is 2. The van der Waals surface area contributed by atoms with Crippen molar-refractivity contribution in [2.45, 2.75) is 12.5 Å². The fourth-order valence-corrected chi connectivity index (χ4v) is 2.71. The van der Waals surface area contributed by atoms with Crippen LogP contribution in [0, 0.1) is 0 Å². The number of rotatable bonds is 2. The van der Waals surface area contributed by atoms with Gasteiger partial charge in [-0.1, -0.05) is 41.9 Å². The van der Waals surface area contributed by atoms with Crippen molar-refractivity contribution in [2.24, 2.45) is 0 Å². The highest BCUT2D eigenvalue weighted by Gasteiger charge is 2.31. The van der Waals surface area contributed by atoms with Crippen LogP contribution in [0.2, 0.25) is 5.02 Å². The second-order valence-electron chi connectivity index (χ2n) is 5.66. The molecule has 3 rings (SSSR count). The van der Waals surface area contributed by atoms with Crippen molar-refractivity contribution >= 4 is 11.6 Å². The van der Waals surface area contributed by atoms with Crippen LogP contribution in [0.1, 0.15) is 12.5 Å². The van der Waals surface area contributed by atoms with Gasteiger partial charge >= 0.3 is 0 Å². The Kier molecular flexibility index (Phi) is 4.00. The number of hydrogen-bond acceptors (Lipinski definition) is 3. The summed E-state index contributed by atoms with van der Waals surface area (Å²) < 4.78 is 0. The molecule has 1 heterocycles. The highest BCUT2D eigenvalue weighted by molar-refractivity contribution is 6.30. The third-order valence-corrected chi connectivity index (χ3v) is 4.16. The second-order valence-corrected chi connectivity index (χ2v) is 6.10. The smallest absolute Gasteiger partial charge is 0.0906 e. The van der Waals surface area contributed by atoms with Crippen molar-refractivity contribution in [1.29, 1.82) is 0 Å². The Labute approximate surface area is 130 Å². The summed E-state index contributed by atoms with van der Waals surface area (Å²) in [5.41, 5.74) is 3.33. The lowest BCUT2D eigenvalue weighted by Crippen LogP contribution is -2.54. The normalized spacial score (nSPS) is 23.2. The predicted molar refractivity (Wildman–Crippen MR) is 86.0 cm³/mol. The van der Waals surface area contributed by atoms with Crippen molar-refractivity contribution < 1.29 is 4.84 Å². The van der Waals surface area contributed by atoms with E-state index >= 15 is 0 Å². The maximum atomic E-state index is 6.09. The number of nitrogens with zero attached hydrogens (tertiary/aromatic N) is 1. The summed E-state index contributed by atoms with van der Waals surface area (Å²) in [5, 5.41) is 6.09. The monoisotopic (exact) mass is 302 g/mol. The molecule has 0 radical (unpaired) electrons. The van der Waals surface area contributed by atoms with Crippen LogP contribution in [0.4, 0.5) is 0 Å². The van der Waals surface area contributed by atoms with E-state index in [-0.39, 0.29) is 5.54 Å². The Hall–Kier alpha value is -1.39. The minimum Gasteiger partial charge on any atom is -0.296 e. The second kappa shape index (κ2) is 5.78. The lowest BCUT2D eigenvalue weighted by atomic mass is 9.90. The van der Waals surface area contributed by atoms with E-state index in [1.807, 2.05) is 30.3 Å². The zero-order valence-electron chi connectivity index (χ0n) is 12.3. The first-order valence-electron chi connectivity index (χ1n) is 7.02. The lowest BCUT2D eigenvalue weighted by Gasteiger charge is -2.39. The van der Waals surface area contributed by atoms with E-state index in [1.165, 1.54) is 5.56 Å². The van der Waals surface area contributed by atoms with Gasteiger partial charge in [-0.2, -0.15) is 5.06 Å². The fraction of sp³-hybridized carbons (Fsp3) is 0.294. The quantitative estimate of drug-likeness (QED) is 0.916. The summed E-state index contributed by atoms with van der Waals surface area (Å²) in [6.45, 7) is 3.48. The molecule has 110 valence electrons. The first-order valence-corrected chi connectivity index (χ1v) is 7.40. The van der Waals surface area contributed by atoms with E-state index in [9.17, 15) is 0 Å². The van der Waals surface area contributed by atoms with Gasteiger partial charge < -0.3 is 0 Å². The molecule has 0 saturated carbocycles. The topological polar surface area (TPSA) is 24.5 Å². The molecule has 1 N–H and O–H groups in total. The average molecular weight is 303 g/mol. The number of hydrogen-bond donors (Lipinski definition) is 1. The molecule has 1 atom stereocenters. The van der Waals surface area contributed by atoms with E-state index in [0.29, 0.717) is 13.3 Å². The highest BCUT2D eigenvalue weighted by Crippen LogP contribution is 2.29. The molecule has 1 unspecified atom stereocenters. The van der Waals surface area contributed by atoms with Gasteiger partial charge in [-0.3, -0.25) is 10.2 Å². The molecule has 0 spiro atoms. The van der Waals surface area contributed by atoms with Gasteiger partial charge in [0.15, 0.2) is 0 Å². The highest BCUT2D eigenvalue weighted by atomic mass is 35.5. The Morgan fingerprint density at radius 3 is 2.52 bits per heavy atom. The van der Waals surface area contributed by atoms with Gasteiger partial charge in [0, 0.05) is 12.1 Å². The molecule has 0 aliphatic carbocycles. The Balaban J connectivity index is 1.93. The van der Waals surface area contributed by atoms with Gasteiger partial charge in [0.1, 0.15) is 0 Å². The first kappa shape index (κ1) is 14.5. The number of nitrogens with one attached hydrogen (secondary N) is 1. The standard InChI is InChI=1S/C17H19ClN2O/c1-17(11-21-20(2)12-19-17)15-7-3-5-13(9-15)14-6-4-8-16(18)10-14/h3-10,19H,11-12H2,1-2H3. The van der Waals surface area contributed by atoms with Crippen LogP contribution in [0.25, 0.3) is 11.1 Å². The molecular formula is C17H19ClN2O. The Bertz CT molecular complexity index is 636. The van der Waals surface area contributed by atoms with E-state index in [1.54, 1.807) is 0 Å². The molecule has 21 heavy (non-hydrogen) atoms. The van der Waals surface area contributed by atoms with Crippen molar-refractivity contribution in [3.63, 3.8) is 0 Å². The maximum absolute atomic E-state index is 6.09. The molecule has 2 aromatic carbocycles. The molecule has 1 aliphatic heterocycles. The van der Waals surface area contributed by atoms with Gasteiger partial charge in [-0.25, -0.2) is 0 Å². The van der Waals surface area contributed by atoms with Gasteiger partial charge in [0.25, 0.3) is 0 Å². The van der Waals surface area contributed by atoms with Crippen LogP contribution < -0.4 is 5.32 Å². The summed E-state index contributed by atoms with van der Waals surface area (Å²) in [6, 6.07) is 16.5. The van der Waals surface area contributed by atoms with Crippen LogP contribution in [0.15, 0.2) is 48.5 Å². The number of halogens is 1. The third-order valence-electron chi connectivity index (χ3n) is 3.92. The molecule has 0 aromatic heterocycles. The van der Waals surface area contributed by atoms with Crippen molar-refractivity contribution in [3.05, 3.63) is 59.1 Å². The van der Waals surface area contributed by atoms with Crippen LogP contribution in [0.3, 0.4) is 0 Å². The molecule has 1 saturated heterocycles. The molecule has 1 aliphatic rings. The van der Waals surface area contributed by atoms with Crippen LogP contribution in [0.5, 0.6) is 0 Å². The predicted octanol–water partition coefficient (Wildman–Crippen LogP) is 3.65. The summed E-state index contributed by atoms with van der Waals surface area (Å²) in [7, 11) is 1.93. The molecule has 3 nitrogen and oxygen atoms in total. The van der Waals surface area contributed by atoms with E-state index in [2.05, 4.69) is 42.6 Å². The van der Waals surface area contributed by atoms with Crippen molar-refractivity contribution in [3.8, 4) is 11.1 Å². The summed E-state index contributed by atoms with van der Waals surface area (Å²) >= 11 is 6.09. The van der Waals surface area contributed by atoms with Crippen molar-refractivity contribution in [2.75, 3.05) is 20.3 Å². The van der Waals surface area contributed by atoms with Gasteiger partial charge in [-0.15, -0.1) is 0 Å². The van der Waals surface area contributed by atoms with Crippen LogP contribution in [-0.4, -0.2) is 25.4 Å². The summed E-state index contributed by atoms with van der Waals surface area (Å²) in [6.07, 6.45) is 0. The minimum absolute atomic E-state index is 0.179. The first-order chi connectivity index (χ1) is 10.1. The molecule has 2 aromatic rings. The molecule has 4 heteroatoms. The number of benzene rings is 2.